The van der Waals surface area contributed by atoms with Gasteiger partial charge in [0, 0.05) is 10.4 Å². The summed E-state index contributed by atoms with van der Waals surface area (Å²) >= 11 is 1.84. The molecule has 1 N–H and O–H groups in total. The largest absolute Gasteiger partial charge is 0.494 e. The van der Waals surface area contributed by atoms with E-state index in [1.54, 1.807) is 0 Å². The van der Waals surface area contributed by atoms with Gasteiger partial charge in [0.15, 0.2) is 0 Å². The van der Waals surface area contributed by atoms with Crippen molar-refractivity contribution in [1.82, 2.24) is 10.3 Å². The number of hydrogen-bond acceptors (Lipinski definition) is 4. The van der Waals surface area contributed by atoms with Crippen LogP contribution in [0.2, 0.25) is 0 Å². The third kappa shape index (κ3) is 3.11. The third-order valence-electron chi connectivity index (χ3n) is 3.80. The number of aryl methyl sites for hydroxylation is 1. The van der Waals surface area contributed by atoms with Gasteiger partial charge in [-0.25, -0.2) is 4.98 Å². The van der Waals surface area contributed by atoms with Crippen molar-refractivity contribution in [3.05, 3.63) is 34.8 Å². The smallest absolute Gasteiger partial charge is 0.124 e. The van der Waals surface area contributed by atoms with Gasteiger partial charge < -0.3 is 10.1 Å². The van der Waals surface area contributed by atoms with Gasteiger partial charge in [0.25, 0.3) is 0 Å². The van der Waals surface area contributed by atoms with E-state index in [9.17, 15) is 0 Å². The number of benzene rings is 1. The minimum absolute atomic E-state index is 0.429. The van der Waals surface area contributed by atoms with E-state index in [1.807, 2.05) is 30.4 Å². The third-order valence-corrected chi connectivity index (χ3v) is 4.98. The van der Waals surface area contributed by atoms with E-state index in [2.05, 4.69) is 24.4 Å². The van der Waals surface area contributed by atoms with Crippen LogP contribution < -0.4 is 10.1 Å². The molecule has 0 bridgehead atoms. The topological polar surface area (TPSA) is 34.1 Å². The van der Waals surface area contributed by atoms with Crippen LogP contribution >= 0.6 is 11.3 Å². The molecule has 0 radical (unpaired) electrons. The van der Waals surface area contributed by atoms with Crippen molar-refractivity contribution < 1.29 is 4.74 Å². The summed E-state index contributed by atoms with van der Waals surface area (Å²) < 4.78 is 5.59. The van der Waals surface area contributed by atoms with Crippen LogP contribution in [0.15, 0.2) is 24.3 Å². The maximum Gasteiger partial charge on any atom is 0.124 e. The Bertz CT molecular complexity index is 609. The van der Waals surface area contributed by atoms with Crippen LogP contribution in [0.3, 0.4) is 0 Å². The van der Waals surface area contributed by atoms with Crippen LogP contribution in [0.1, 0.15) is 43.3 Å². The number of aromatic nitrogens is 1. The van der Waals surface area contributed by atoms with Crippen LogP contribution in [0, 0.1) is 0 Å². The maximum atomic E-state index is 5.59. The molecular formula is C17H22N2OS. The Morgan fingerprint density at radius 3 is 3.10 bits per heavy atom. The standard InChI is InChI=1S/C17H22N2OS/c1-3-18-14-9-6-10-15-16(14)19-17(21-15)12-7-5-8-13(11-12)20-4-2/h5,7-8,11,14,18H,3-4,6,9-10H2,1-2H3. The zero-order valence-electron chi connectivity index (χ0n) is 12.7. The van der Waals surface area contributed by atoms with Crippen molar-refractivity contribution >= 4 is 11.3 Å². The summed E-state index contributed by atoms with van der Waals surface area (Å²) in [4.78, 5) is 6.37. The van der Waals surface area contributed by atoms with Crippen LogP contribution in [0.4, 0.5) is 0 Å². The molecule has 1 heterocycles. The molecule has 0 amide bonds. The first-order chi connectivity index (χ1) is 10.3. The number of ether oxygens (including phenoxy) is 1. The van der Waals surface area contributed by atoms with Crippen molar-refractivity contribution in [2.75, 3.05) is 13.2 Å². The van der Waals surface area contributed by atoms with Gasteiger partial charge in [-0.3, -0.25) is 0 Å². The van der Waals surface area contributed by atoms with Crippen molar-refractivity contribution in [3.8, 4) is 16.3 Å². The minimum Gasteiger partial charge on any atom is -0.494 e. The van der Waals surface area contributed by atoms with Crippen molar-refractivity contribution in [1.29, 1.82) is 0 Å². The highest BCUT2D eigenvalue weighted by Crippen LogP contribution is 2.37. The number of rotatable bonds is 5. The zero-order valence-corrected chi connectivity index (χ0v) is 13.5. The SMILES string of the molecule is CCNC1CCCc2sc(-c3cccc(OCC)c3)nc21. The second-order valence-corrected chi connectivity index (χ2v) is 6.37. The predicted molar refractivity (Wildman–Crippen MR) is 88.1 cm³/mol. The van der Waals surface area contributed by atoms with E-state index < -0.39 is 0 Å². The molecule has 21 heavy (non-hydrogen) atoms. The molecule has 1 aliphatic rings. The molecule has 2 aromatic rings. The summed E-state index contributed by atoms with van der Waals surface area (Å²) in [5.74, 6) is 0.923. The second kappa shape index (κ2) is 6.58. The maximum absolute atomic E-state index is 5.59. The van der Waals surface area contributed by atoms with Gasteiger partial charge in [-0.05, 0) is 44.9 Å². The molecule has 0 saturated carbocycles. The molecule has 1 aromatic heterocycles. The van der Waals surface area contributed by atoms with E-state index >= 15 is 0 Å². The molecule has 1 aromatic carbocycles. The second-order valence-electron chi connectivity index (χ2n) is 5.29. The quantitative estimate of drug-likeness (QED) is 0.899. The number of thiazole rings is 1. The summed E-state index contributed by atoms with van der Waals surface area (Å²) in [6.07, 6.45) is 3.62. The van der Waals surface area contributed by atoms with Crippen LogP contribution in [0.25, 0.3) is 10.6 Å². The zero-order chi connectivity index (χ0) is 14.7. The Morgan fingerprint density at radius 2 is 2.29 bits per heavy atom. The van der Waals surface area contributed by atoms with Gasteiger partial charge in [-0.15, -0.1) is 11.3 Å². The Balaban J connectivity index is 1.91. The van der Waals surface area contributed by atoms with E-state index in [4.69, 9.17) is 9.72 Å². The van der Waals surface area contributed by atoms with Crippen LogP contribution in [-0.2, 0) is 6.42 Å². The van der Waals surface area contributed by atoms with E-state index in [1.165, 1.54) is 29.8 Å². The van der Waals surface area contributed by atoms with Crippen LogP contribution in [-0.4, -0.2) is 18.1 Å². The molecule has 0 fully saturated rings. The fraction of sp³-hybridized carbons (Fsp3) is 0.471. The average molecular weight is 302 g/mol. The first-order valence-corrected chi connectivity index (χ1v) is 8.59. The van der Waals surface area contributed by atoms with E-state index in [0.29, 0.717) is 12.6 Å². The highest BCUT2D eigenvalue weighted by Gasteiger charge is 2.24. The summed E-state index contributed by atoms with van der Waals surface area (Å²) in [7, 11) is 0. The lowest BCUT2D eigenvalue weighted by Crippen LogP contribution is -2.24. The molecule has 0 spiro atoms. The van der Waals surface area contributed by atoms with Gasteiger partial charge in [0.2, 0.25) is 0 Å². The van der Waals surface area contributed by atoms with Crippen LogP contribution in [0.5, 0.6) is 5.75 Å². The van der Waals surface area contributed by atoms with Crippen molar-refractivity contribution in [3.63, 3.8) is 0 Å². The molecule has 1 aliphatic carbocycles. The fourth-order valence-electron chi connectivity index (χ4n) is 2.87. The molecule has 1 atom stereocenters. The molecule has 112 valence electrons. The summed E-state index contributed by atoms with van der Waals surface area (Å²) in [6.45, 7) is 5.86. The van der Waals surface area contributed by atoms with Crippen molar-refractivity contribution in [2.45, 2.75) is 39.2 Å². The molecular weight excluding hydrogens is 280 g/mol. The van der Waals surface area contributed by atoms with E-state index in [0.717, 1.165) is 22.9 Å². The highest BCUT2D eigenvalue weighted by atomic mass is 32.1. The average Bonchev–Trinajstić information content (AvgIpc) is 2.93. The molecule has 0 saturated heterocycles. The van der Waals surface area contributed by atoms with Gasteiger partial charge in [-0.2, -0.15) is 0 Å². The summed E-state index contributed by atoms with van der Waals surface area (Å²) in [6, 6.07) is 8.69. The fourth-order valence-corrected chi connectivity index (χ4v) is 4.03. The first kappa shape index (κ1) is 14.5. The normalized spacial score (nSPS) is 17.5. The Morgan fingerprint density at radius 1 is 1.38 bits per heavy atom. The monoisotopic (exact) mass is 302 g/mol. The Labute approximate surface area is 130 Å². The number of fused-ring (bicyclic) bond motifs is 1. The first-order valence-electron chi connectivity index (χ1n) is 7.78. The molecule has 3 rings (SSSR count). The lowest BCUT2D eigenvalue weighted by atomic mass is 9.97. The lowest BCUT2D eigenvalue weighted by molar-refractivity contribution is 0.340. The molecule has 3 nitrogen and oxygen atoms in total. The number of nitrogens with zero attached hydrogens (tertiary/aromatic N) is 1. The van der Waals surface area contributed by atoms with Gasteiger partial charge >= 0.3 is 0 Å². The van der Waals surface area contributed by atoms with E-state index in [-0.39, 0.29) is 0 Å². The Hall–Kier alpha value is -1.39. The number of nitrogens with one attached hydrogen (secondary N) is 1. The summed E-state index contributed by atoms with van der Waals surface area (Å²) in [5, 5.41) is 4.67. The highest BCUT2D eigenvalue weighted by molar-refractivity contribution is 7.15. The molecule has 0 aliphatic heterocycles. The van der Waals surface area contributed by atoms with Gasteiger partial charge in [-0.1, -0.05) is 19.1 Å². The minimum atomic E-state index is 0.429. The van der Waals surface area contributed by atoms with Gasteiger partial charge in [0.1, 0.15) is 10.8 Å². The molecule has 1 unspecified atom stereocenters. The summed E-state index contributed by atoms with van der Waals surface area (Å²) in [5.41, 5.74) is 2.43. The molecule has 4 heteroatoms. The Kier molecular flexibility index (Phi) is 4.56. The lowest BCUT2D eigenvalue weighted by Gasteiger charge is -2.21. The van der Waals surface area contributed by atoms with Gasteiger partial charge in [0.05, 0.1) is 18.3 Å². The predicted octanol–water partition coefficient (Wildman–Crippen LogP) is 4.20. The number of hydrogen-bond donors (Lipinski definition) is 1. The van der Waals surface area contributed by atoms with Crippen molar-refractivity contribution in [2.24, 2.45) is 0 Å².